The number of hydrogen-bond acceptors (Lipinski definition) is 2. The first-order chi connectivity index (χ1) is 21.9. The van der Waals surface area contributed by atoms with Crippen LogP contribution < -0.4 is 0 Å². The largest absolute Gasteiger partial charge is 0.252 e. The predicted octanol–water partition coefficient (Wildman–Crippen LogP) is 10.2. The van der Waals surface area contributed by atoms with Crippen LogP contribution in [-0.2, 0) is 0 Å². The van der Waals surface area contributed by atoms with Gasteiger partial charge in [-0.2, -0.15) is 0 Å². The Morgan fingerprint density at radius 1 is 0.295 bits per heavy atom. The van der Waals surface area contributed by atoms with Crippen LogP contribution in [-0.4, -0.2) is 9.97 Å². The molecule has 210 valence electrons. The Morgan fingerprint density at radius 2 is 0.568 bits per heavy atom. The van der Waals surface area contributed by atoms with Gasteiger partial charge in [0.15, 0.2) is 0 Å². The van der Waals surface area contributed by atoms with Crippen molar-refractivity contribution >= 4 is 0 Å². The van der Waals surface area contributed by atoms with E-state index < -0.39 is 0 Å². The van der Waals surface area contributed by atoms with Crippen molar-refractivity contribution in [2.75, 3.05) is 0 Å². The Labute approximate surface area is 259 Å². The van der Waals surface area contributed by atoms with Crippen molar-refractivity contribution in [3.8, 4) is 22.5 Å². The Hall–Kier alpha value is -5.60. The number of benzene rings is 6. The van der Waals surface area contributed by atoms with Crippen LogP contribution in [0.5, 0.6) is 0 Å². The molecular weight excluding hydrogens is 532 g/mol. The van der Waals surface area contributed by atoms with Gasteiger partial charge in [-0.25, -0.2) is 0 Å². The maximum Gasteiger partial charge on any atom is 0.0888 e. The molecule has 0 aliphatic rings. The molecule has 1 heterocycles. The average molecular weight is 565 g/mol. The average Bonchev–Trinajstić information content (AvgIpc) is 3.11. The predicted molar refractivity (Wildman–Crippen MR) is 181 cm³/mol. The lowest BCUT2D eigenvalue weighted by Crippen LogP contribution is -2.06. The van der Waals surface area contributed by atoms with E-state index in [2.05, 4.69) is 170 Å². The van der Waals surface area contributed by atoms with Crippen molar-refractivity contribution in [3.05, 3.63) is 216 Å². The fraction of sp³-hybridized carbons (Fsp3) is 0.0476. The lowest BCUT2D eigenvalue weighted by atomic mass is 9.82. The van der Waals surface area contributed by atoms with E-state index in [1.165, 1.54) is 33.4 Å². The van der Waals surface area contributed by atoms with Gasteiger partial charge in [0.05, 0.1) is 23.8 Å². The second-order valence-electron chi connectivity index (χ2n) is 11.0. The summed E-state index contributed by atoms with van der Waals surface area (Å²) in [6.45, 7) is 0. The highest BCUT2D eigenvalue weighted by Gasteiger charge is 2.23. The Balaban J connectivity index is 1.30. The molecule has 0 saturated heterocycles. The number of nitrogens with zero attached hydrogens (tertiary/aromatic N) is 2. The first-order valence-electron chi connectivity index (χ1n) is 15.1. The number of hydrogen-bond donors (Lipinski definition) is 0. The summed E-state index contributed by atoms with van der Waals surface area (Å²) < 4.78 is 0. The van der Waals surface area contributed by atoms with Crippen molar-refractivity contribution < 1.29 is 0 Å². The minimum absolute atomic E-state index is 0.0771. The summed E-state index contributed by atoms with van der Waals surface area (Å²) >= 11 is 0. The van der Waals surface area contributed by atoms with Crippen LogP contribution in [0, 0.1) is 0 Å². The van der Waals surface area contributed by atoms with Gasteiger partial charge < -0.3 is 0 Å². The van der Waals surface area contributed by atoms with Crippen molar-refractivity contribution in [1.29, 1.82) is 0 Å². The number of rotatable bonds is 8. The maximum atomic E-state index is 5.04. The molecule has 2 heteroatoms. The van der Waals surface area contributed by atoms with Gasteiger partial charge in [-0.05, 0) is 33.4 Å². The van der Waals surface area contributed by atoms with Crippen LogP contribution >= 0.6 is 0 Å². The van der Waals surface area contributed by atoms with Gasteiger partial charge in [0, 0.05) is 23.0 Å². The summed E-state index contributed by atoms with van der Waals surface area (Å²) in [6, 6.07) is 59.9. The third-order valence-corrected chi connectivity index (χ3v) is 8.28. The van der Waals surface area contributed by atoms with E-state index in [4.69, 9.17) is 9.97 Å². The first kappa shape index (κ1) is 27.2. The van der Waals surface area contributed by atoms with Crippen LogP contribution in [0.1, 0.15) is 45.2 Å². The van der Waals surface area contributed by atoms with Crippen LogP contribution in [0.15, 0.2) is 182 Å². The standard InChI is InChI=1S/C42H32N2/c1-5-17-31(18-6-1)41(32-19-7-2-8-20-32)37-27-15-13-25-35(37)39-29-44-40(30-43-39)36-26-14-16-28-38(36)42(33-21-9-3-10-22-33)34-23-11-4-12-24-34/h1-30,41-42H. The van der Waals surface area contributed by atoms with Crippen LogP contribution in [0.4, 0.5) is 0 Å². The van der Waals surface area contributed by atoms with E-state index in [-0.39, 0.29) is 11.8 Å². The molecular formula is C42H32N2. The van der Waals surface area contributed by atoms with Crippen LogP contribution in [0.3, 0.4) is 0 Å². The highest BCUT2D eigenvalue weighted by atomic mass is 14.8. The fourth-order valence-corrected chi connectivity index (χ4v) is 6.26. The SMILES string of the molecule is c1ccc(C(c2ccccc2)c2ccccc2-c2cnc(-c3ccccc3C(c3ccccc3)c3ccccc3)cn2)cc1. The number of aromatic nitrogens is 2. The second-order valence-corrected chi connectivity index (χ2v) is 11.0. The van der Waals surface area contributed by atoms with Crippen molar-refractivity contribution in [2.45, 2.75) is 11.8 Å². The topological polar surface area (TPSA) is 25.8 Å². The summed E-state index contributed by atoms with van der Waals surface area (Å²) in [6.07, 6.45) is 3.86. The van der Waals surface area contributed by atoms with Crippen LogP contribution in [0.25, 0.3) is 22.5 Å². The Morgan fingerprint density at radius 3 is 0.864 bits per heavy atom. The molecule has 0 saturated carbocycles. The van der Waals surface area contributed by atoms with Crippen LogP contribution in [0.2, 0.25) is 0 Å². The molecule has 0 atom stereocenters. The Bertz CT molecular complexity index is 1710. The first-order valence-corrected chi connectivity index (χ1v) is 15.1. The van der Waals surface area contributed by atoms with E-state index in [1.54, 1.807) is 0 Å². The molecule has 0 aliphatic heterocycles. The summed E-state index contributed by atoms with van der Waals surface area (Å²) in [5.74, 6) is 0.154. The summed E-state index contributed by atoms with van der Waals surface area (Å²) in [5.41, 5.74) is 11.3. The minimum atomic E-state index is 0.0771. The van der Waals surface area contributed by atoms with Gasteiger partial charge in [-0.3, -0.25) is 9.97 Å². The molecule has 7 aromatic rings. The fourth-order valence-electron chi connectivity index (χ4n) is 6.26. The molecule has 0 unspecified atom stereocenters. The molecule has 0 fully saturated rings. The van der Waals surface area contributed by atoms with Gasteiger partial charge in [0.2, 0.25) is 0 Å². The summed E-state index contributed by atoms with van der Waals surface area (Å²) in [7, 11) is 0. The van der Waals surface area contributed by atoms with Gasteiger partial charge in [-0.15, -0.1) is 0 Å². The van der Waals surface area contributed by atoms with Gasteiger partial charge in [-0.1, -0.05) is 170 Å². The van der Waals surface area contributed by atoms with Gasteiger partial charge in [0.25, 0.3) is 0 Å². The molecule has 0 N–H and O–H groups in total. The zero-order valence-corrected chi connectivity index (χ0v) is 24.4. The molecule has 2 nitrogen and oxygen atoms in total. The van der Waals surface area contributed by atoms with Gasteiger partial charge in [0.1, 0.15) is 0 Å². The molecule has 0 bridgehead atoms. The molecule has 0 radical (unpaired) electrons. The van der Waals surface area contributed by atoms with Crippen molar-refractivity contribution in [1.82, 2.24) is 9.97 Å². The Kier molecular flexibility index (Phi) is 7.88. The molecule has 1 aromatic heterocycles. The lowest BCUT2D eigenvalue weighted by Gasteiger charge is -2.22. The van der Waals surface area contributed by atoms with Crippen molar-refractivity contribution in [2.24, 2.45) is 0 Å². The quantitative estimate of drug-likeness (QED) is 0.172. The zero-order valence-electron chi connectivity index (χ0n) is 24.4. The molecule has 0 spiro atoms. The normalized spacial score (nSPS) is 11.1. The third kappa shape index (κ3) is 5.58. The molecule has 0 aliphatic carbocycles. The minimum Gasteiger partial charge on any atom is -0.252 e. The maximum absolute atomic E-state index is 5.04. The third-order valence-electron chi connectivity index (χ3n) is 8.28. The summed E-state index contributed by atoms with van der Waals surface area (Å²) in [5, 5.41) is 0. The van der Waals surface area contributed by atoms with Crippen molar-refractivity contribution in [3.63, 3.8) is 0 Å². The second kappa shape index (κ2) is 12.7. The van der Waals surface area contributed by atoms with E-state index in [9.17, 15) is 0 Å². The van der Waals surface area contributed by atoms with E-state index in [0.29, 0.717) is 0 Å². The van der Waals surface area contributed by atoms with E-state index in [0.717, 1.165) is 22.5 Å². The van der Waals surface area contributed by atoms with E-state index in [1.807, 2.05) is 12.4 Å². The highest BCUT2D eigenvalue weighted by molar-refractivity contribution is 5.70. The smallest absolute Gasteiger partial charge is 0.0888 e. The molecule has 6 aromatic carbocycles. The molecule has 0 amide bonds. The monoisotopic (exact) mass is 564 g/mol. The lowest BCUT2D eigenvalue weighted by molar-refractivity contribution is 0.973. The van der Waals surface area contributed by atoms with E-state index >= 15 is 0 Å². The summed E-state index contributed by atoms with van der Waals surface area (Å²) in [4.78, 5) is 10.1. The van der Waals surface area contributed by atoms with Gasteiger partial charge >= 0.3 is 0 Å². The zero-order chi connectivity index (χ0) is 29.6. The highest BCUT2D eigenvalue weighted by Crippen LogP contribution is 2.39. The molecule has 44 heavy (non-hydrogen) atoms. The molecule has 7 rings (SSSR count).